The lowest BCUT2D eigenvalue weighted by Crippen LogP contribution is -2.33. The first-order valence-corrected chi connectivity index (χ1v) is 18.3. The fourth-order valence-corrected chi connectivity index (χ4v) is 7.84. The Morgan fingerprint density at radius 1 is 0.537 bits per heavy atom. The van der Waals surface area contributed by atoms with Gasteiger partial charge in [-0.15, -0.1) is 0 Å². The number of fused-ring (bicyclic) bond motifs is 3. The van der Waals surface area contributed by atoms with Crippen LogP contribution in [0.25, 0.3) is 49.5 Å². The lowest BCUT2D eigenvalue weighted by Gasteiger charge is -2.33. The predicted octanol–water partition coefficient (Wildman–Crippen LogP) is 11.7. The van der Waals surface area contributed by atoms with E-state index in [1.807, 2.05) is 12.1 Å². The number of nitrogens with one attached hydrogen (secondary N) is 1. The van der Waals surface area contributed by atoms with Crippen LogP contribution in [0.1, 0.15) is 34.5 Å². The number of hydrogen-bond donors (Lipinski definition) is 1. The van der Waals surface area contributed by atoms with Gasteiger partial charge in [0.05, 0.1) is 11.7 Å². The van der Waals surface area contributed by atoms with Crippen LogP contribution >= 0.6 is 0 Å². The molecule has 1 N–H and O–H groups in total. The first kappa shape index (κ1) is 31.7. The smallest absolute Gasteiger partial charge is 0.239 e. The molecule has 0 radical (unpaired) electrons. The van der Waals surface area contributed by atoms with Gasteiger partial charge in [0, 0.05) is 24.4 Å². The van der Waals surface area contributed by atoms with Crippen LogP contribution in [0.3, 0.4) is 0 Å². The summed E-state index contributed by atoms with van der Waals surface area (Å²) in [5, 5.41) is 8.42. The zero-order valence-electron chi connectivity index (χ0n) is 29.7. The maximum absolute atomic E-state index is 6.10. The first-order valence-electron chi connectivity index (χ1n) is 18.3. The number of ether oxygens (including phenoxy) is 1. The fourth-order valence-electron chi connectivity index (χ4n) is 7.84. The van der Waals surface area contributed by atoms with Crippen LogP contribution in [0, 0.1) is 0 Å². The van der Waals surface area contributed by atoms with E-state index < -0.39 is 0 Å². The lowest BCUT2D eigenvalue weighted by molar-refractivity contribution is 0.251. The minimum Gasteiger partial charge on any atom is -0.448 e. The Bertz CT molecular complexity index is 2700. The van der Waals surface area contributed by atoms with Crippen molar-refractivity contribution >= 4 is 38.8 Å². The Hall–Kier alpha value is -6.98. The zero-order valence-corrected chi connectivity index (χ0v) is 29.7. The minimum absolute atomic E-state index is 0.0353. The second-order valence-corrected chi connectivity index (χ2v) is 13.9. The molecule has 0 aliphatic carbocycles. The lowest BCUT2D eigenvalue weighted by atomic mass is 9.94. The molecule has 1 aromatic heterocycles. The number of anilines is 1. The van der Waals surface area contributed by atoms with Crippen LogP contribution in [0.15, 0.2) is 187 Å². The molecule has 5 nitrogen and oxygen atoms in total. The van der Waals surface area contributed by atoms with Gasteiger partial charge in [0.2, 0.25) is 5.88 Å². The van der Waals surface area contributed by atoms with E-state index in [0.29, 0.717) is 5.88 Å². The van der Waals surface area contributed by atoms with Crippen LogP contribution < -0.4 is 10.1 Å². The Kier molecular flexibility index (Phi) is 7.76. The summed E-state index contributed by atoms with van der Waals surface area (Å²) in [4.78, 5) is 12.0. The average Bonchev–Trinajstić information content (AvgIpc) is 3.68. The molecule has 10 rings (SSSR count). The van der Waals surface area contributed by atoms with E-state index in [1.54, 1.807) is 6.20 Å². The number of likely N-dealkylation sites (N-methyl/N-ethyl adjacent to an activating group) is 1. The van der Waals surface area contributed by atoms with Crippen molar-refractivity contribution in [3.63, 3.8) is 0 Å². The number of aromatic nitrogens is 1. The Balaban J connectivity index is 1.01. The molecule has 0 saturated heterocycles. The number of hydrogen-bond acceptors (Lipinski definition) is 5. The van der Waals surface area contributed by atoms with E-state index in [2.05, 4.69) is 186 Å². The zero-order chi connectivity index (χ0) is 36.0. The number of benzene rings is 7. The summed E-state index contributed by atoms with van der Waals surface area (Å²) in [5.74, 6) is 1.55. The third-order valence-electron chi connectivity index (χ3n) is 10.7. The van der Waals surface area contributed by atoms with Crippen LogP contribution in [0.5, 0.6) is 5.88 Å². The molecule has 0 saturated carbocycles. The highest BCUT2D eigenvalue weighted by molar-refractivity contribution is 6.04. The molecule has 0 fully saturated rings. The molecular formula is C49H36N4O. The predicted molar refractivity (Wildman–Crippen MR) is 221 cm³/mol. The third-order valence-corrected chi connectivity index (χ3v) is 10.7. The molecule has 258 valence electrons. The second-order valence-electron chi connectivity index (χ2n) is 13.9. The van der Waals surface area contributed by atoms with E-state index in [0.717, 1.165) is 33.9 Å². The standard InChI is InChI=1S/C49H36N4O/c1-53-46(37-24-18-34(19-25-37)42-15-6-11-32-9-2-4-13-40(32)42)31-45(36-22-28-39(29-23-36)48-52-44-17-8-30-50-49(44)54-48)51-47(53)38-26-20-35(21-27-38)43-16-7-12-33-10-3-5-14-41(33)43/h2-31,46,48,52H,1H3. The van der Waals surface area contributed by atoms with Crippen molar-refractivity contribution in [1.29, 1.82) is 0 Å². The van der Waals surface area contributed by atoms with Crippen molar-refractivity contribution < 1.29 is 4.74 Å². The molecule has 3 heterocycles. The maximum atomic E-state index is 6.10. The van der Waals surface area contributed by atoms with E-state index in [9.17, 15) is 0 Å². The topological polar surface area (TPSA) is 49.8 Å². The average molecular weight is 697 g/mol. The van der Waals surface area contributed by atoms with Crippen molar-refractivity contribution in [3.05, 3.63) is 204 Å². The highest BCUT2D eigenvalue weighted by Crippen LogP contribution is 2.38. The molecule has 2 atom stereocenters. The van der Waals surface area contributed by atoms with Gasteiger partial charge in [-0.1, -0.05) is 158 Å². The van der Waals surface area contributed by atoms with Crippen molar-refractivity contribution in [2.24, 2.45) is 4.99 Å². The molecule has 54 heavy (non-hydrogen) atoms. The van der Waals surface area contributed by atoms with Gasteiger partial charge in [-0.3, -0.25) is 0 Å². The molecular weight excluding hydrogens is 661 g/mol. The van der Waals surface area contributed by atoms with Gasteiger partial charge >= 0.3 is 0 Å². The number of aliphatic imine (C=N–C) groups is 1. The summed E-state index contributed by atoms with van der Waals surface area (Å²) in [6.07, 6.45) is 3.74. The summed E-state index contributed by atoms with van der Waals surface area (Å²) < 4.78 is 6.10. The van der Waals surface area contributed by atoms with Gasteiger partial charge in [0.25, 0.3) is 0 Å². The monoisotopic (exact) mass is 696 g/mol. The van der Waals surface area contributed by atoms with Crippen molar-refractivity contribution in [2.75, 3.05) is 12.4 Å². The summed E-state index contributed by atoms with van der Waals surface area (Å²) in [5.41, 5.74) is 11.0. The number of amidine groups is 1. The van der Waals surface area contributed by atoms with E-state index in [-0.39, 0.29) is 12.3 Å². The summed E-state index contributed by atoms with van der Waals surface area (Å²) in [6, 6.07) is 60.4. The normalized spacial score (nSPS) is 16.4. The summed E-state index contributed by atoms with van der Waals surface area (Å²) in [6.45, 7) is 0. The van der Waals surface area contributed by atoms with Gasteiger partial charge < -0.3 is 15.0 Å². The maximum Gasteiger partial charge on any atom is 0.239 e. The minimum atomic E-state index is -0.289. The highest BCUT2D eigenvalue weighted by atomic mass is 16.5. The van der Waals surface area contributed by atoms with Gasteiger partial charge in [-0.2, -0.15) is 0 Å². The molecule has 7 aromatic carbocycles. The van der Waals surface area contributed by atoms with E-state index in [1.165, 1.54) is 49.4 Å². The number of nitrogens with zero attached hydrogens (tertiary/aromatic N) is 3. The Morgan fingerprint density at radius 2 is 1.09 bits per heavy atom. The SMILES string of the molecule is CN1C(c2ccc(-c3cccc4ccccc34)cc2)=NC(c2ccc(C3Nc4cccnc4O3)cc2)=CC1c1ccc(-c2cccc3ccccc23)cc1. The molecule has 2 aliphatic rings. The second kappa shape index (κ2) is 13.2. The molecule has 0 amide bonds. The van der Waals surface area contributed by atoms with Crippen LogP contribution in [-0.2, 0) is 0 Å². The first-order chi connectivity index (χ1) is 26.7. The van der Waals surface area contributed by atoms with Gasteiger partial charge in [-0.25, -0.2) is 9.98 Å². The van der Waals surface area contributed by atoms with Crippen LogP contribution in [0.2, 0.25) is 0 Å². The quantitative estimate of drug-likeness (QED) is 0.188. The van der Waals surface area contributed by atoms with Crippen LogP contribution in [0.4, 0.5) is 5.69 Å². The van der Waals surface area contributed by atoms with Crippen molar-refractivity contribution in [3.8, 4) is 28.1 Å². The van der Waals surface area contributed by atoms with Crippen LogP contribution in [-0.4, -0.2) is 22.8 Å². The Morgan fingerprint density at radius 3 is 1.74 bits per heavy atom. The van der Waals surface area contributed by atoms with Gasteiger partial charge in [0.15, 0.2) is 6.23 Å². The Labute approximate surface area is 314 Å². The molecule has 2 aliphatic heterocycles. The fraction of sp³-hybridized carbons (Fsp3) is 0.0612. The largest absolute Gasteiger partial charge is 0.448 e. The molecule has 0 spiro atoms. The van der Waals surface area contributed by atoms with Crippen molar-refractivity contribution in [1.82, 2.24) is 9.88 Å². The van der Waals surface area contributed by atoms with E-state index >= 15 is 0 Å². The highest BCUT2D eigenvalue weighted by Gasteiger charge is 2.27. The molecule has 8 aromatic rings. The molecule has 5 heteroatoms. The van der Waals surface area contributed by atoms with Crippen molar-refractivity contribution in [2.45, 2.75) is 12.3 Å². The number of pyridine rings is 1. The number of rotatable bonds is 6. The molecule has 2 unspecified atom stereocenters. The summed E-state index contributed by atoms with van der Waals surface area (Å²) in [7, 11) is 2.14. The van der Waals surface area contributed by atoms with Gasteiger partial charge in [0.1, 0.15) is 11.5 Å². The summed E-state index contributed by atoms with van der Waals surface area (Å²) >= 11 is 0. The molecule has 0 bridgehead atoms. The van der Waals surface area contributed by atoms with E-state index in [4.69, 9.17) is 9.73 Å². The third kappa shape index (κ3) is 5.67. The van der Waals surface area contributed by atoms with Gasteiger partial charge in [-0.05, 0) is 73.1 Å².